The number of carbonyl (C=O) groups excluding carboxylic acids is 2. The highest BCUT2D eigenvalue weighted by Crippen LogP contribution is 2.39. The number of likely N-dealkylation sites (tertiary alicyclic amines) is 1. The van der Waals surface area contributed by atoms with Crippen molar-refractivity contribution in [2.24, 2.45) is 5.92 Å². The monoisotopic (exact) mass is 541 g/mol. The van der Waals surface area contributed by atoms with Crippen LogP contribution in [0.2, 0.25) is 5.02 Å². The molecule has 0 spiro atoms. The van der Waals surface area contributed by atoms with Gasteiger partial charge in [-0.1, -0.05) is 11.6 Å². The zero-order valence-corrected chi connectivity index (χ0v) is 21.0. The van der Waals surface area contributed by atoms with Crippen LogP contribution in [0.3, 0.4) is 0 Å². The Morgan fingerprint density at radius 3 is 2.72 bits per heavy atom. The molecule has 1 aromatic carbocycles. The summed E-state index contributed by atoms with van der Waals surface area (Å²) in [5, 5.41) is 5.86. The van der Waals surface area contributed by atoms with Gasteiger partial charge < -0.3 is 19.8 Å². The minimum absolute atomic E-state index is 0.0978. The number of alkyl halides is 3. The minimum atomic E-state index is -4.55. The van der Waals surface area contributed by atoms with Gasteiger partial charge in [-0.15, -0.1) is 0 Å². The summed E-state index contributed by atoms with van der Waals surface area (Å²) in [7, 11) is 0. The van der Waals surface area contributed by atoms with E-state index in [9.17, 15) is 22.8 Å². The van der Waals surface area contributed by atoms with Gasteiger partial charge in [-0.25, -0.2) is 4.79 Å². The quantitative estimate of drug-likeness (QED) is 0.462. The van der Waals surface area contributed by atoms with Gasteiger partial charge in [0.25, 0.3) is 0 Å². The smallest absolute Gasteiger partial charge is 0.341 e. The van der Waals surface area contributed by atoms with Crippen molar-refractivity contribution < 1.29 is 22.8 Å². The Labute approximate surface area is 216 Å². The summed E-state index contributed by atoms with van der Waals surface area (Å²) in [5.74, 6) is -0.128. The van der Waals surface area contributed by atoms with Gasteiger partial charge in [-0.2, -0.15) is 13.2 Å². The van der Waals surface area contributed by atoms with Crippen LogP contribution >= 0.6 is 23.5 Å². The number of nitrogens with zero attached hydrogens (tertiary/aromatic N) is 3. The van der Waals surface area contributed by atoms with Crippen molar-refractivity contribution in [2.75, 3.05) is 30.5 Å². The molecule has 2 aliphatic rings. The lowest BCUT2D eigenvalue weighted by Crippen LogP contribution is -2.47. The SMILES string of the molecule is O=C(NCC1CCCN(C(=O)CN(Sc2cccnc2)c2cc(C(F)(F)F)ccc2Cl)C1)NC1CC1. The number of anilines is 1. The lowest BCUT2D eigenvalue weighted by Gasteiger charge is -2.34. The van der Waals surface area contributed by atoms with Crippen molar-refractivity contribution in [1.82, 2.24) is 20.5 Å². The molecule has 0 radical (unpaired) electrons. The highest BCUT2D eigenvalue weighted by Gasteiger charge is 2.33. The minimum Gasteiger partial charge on any atom is -0.341 e. The van der Waals surface area contributed by atoms with Crippen molar-refractivity contribution in [1.29, 1.82) is 0 Å². The number of amides is 3. The molecule has 12 heteroatoms. The Bertz CT molecular complexity index is 1070. The highest BCUT2D eigenvalue weighted by molar-refractivity contribution is 8.00. The average Bonchev–Trinajstić information content (AvgIpc) is 3.67. The molecular weight excluding hydrogens is 515 g/mol. The number of hydrogen-bond donors (Lipinski definition) is 2. The van der Waals surface area contributed by atoms with Crippen molar-refractivity contribution in [3.05, 3.63) is 53.3 Å². The van der Waals surface area contributed by atoms with Crippen LogP contribution in [0.15, 0.2) is 47.6 Å². The fourth-order valence-corrected chi connectivity index (χ4v) is 5.15. The van der Waals surface area contributed by atoms with Crippen molar-refractivity contribution in [3.63, 3.8) is 0 Å². The summed E-state index contributed by atoms with van der Waals surface area (Å²) in [6, 6.07) is 6.60. The number of carbonyl (C=O) groups is 2. The normalized spacial score (nSPS) is 18.0. The molecule has 2 aromatic rings. The van der Waals surface area contributed by atoms with E-state index in [1.165, 1.54) is 10.4 Å². The number of benzene rings is 1. The summed E-state index contributed by atoms with van der Waals surface area (Å²) < 4.78 is 41.7. The summed E-state index contributed by atoms with van der Waals surface area (Å²) in [5.41, 5.74) is -0.750. The Morgan fingerprint density at radius 1 is 1.22 bits per heavy atom. The van der Waals surface area contributed by atoms with Crippen LogP contribution in [0.5, 0.6) is 0 Å². The van der Waals surface area contributed by atoms with Crippen molar-refractivity contribution in [3.8, 4) is 0 Å². The third-order valence-electron chi connectivity index (χ3n) is 6.01. The van der Waals surface area contributed by atoms with Crippen molar-refractivity contribution in [2.45, 2.75) is 42.8 Å². The van der Waals surface area contributed by atoms with Crippen LogP contribution in [-0.2, 0) is 11.0 Å². The highest BCUT2D eigenvalue weighted by atomic mass is 35.5. The first-order chi connectivity index (χ1) is 17.2. The van der Waals surface area contributed by atoms with E-state index in [4.69, 9.17) is 11.6 Å². The number of nitrogens with one attached hydrogen (secondary N) is 2. The standard InChI is InChI=1S/C24H27ClF3N5O2S/c25-20-8-5-17(24(26,27)28)11-21(20)33(36-19-4-1-9-29-13-19)15-22(34)32-10-2-3-16(14-32)12-30-23(35)31-18-6-7-18/h1,4-5,8-9,11,13,16,18H,2-3,6-7,10,12,14-15H2,(H2,30,31,35). The van der Waals surface area contributed by atoms with Gasteiger partial charge in [0.1, 0.15) is 6.54 Å². The van der Waals surface area contributed by atoms with Gasteiger partial charge >= 0.3 is 12.2 Å². The molecule has 2 fully saturated rings. The number of halogens is 4. The number of aromatic nitrogens is 1. The number of piperidine rings is 1. The second kappa shape index (κ2) is 11.6. The van der Waals surface area contributed by atoms with Crippen LogP contribution in [0.4, 0.5) is 23.7 Å². The van der Waals surface area contributed by atoms with E-state index < -0.39 is 11.7 Å². The number of urea groups is 1. The molecule has 1 saturated heterocycles. The van der Waals surface area contributed by atoms with E-state index in [2.05, 4.69) is 15.6 Å². The van der Waals surface area contributed by atoms with Gasteiger partial charge in [-0.3, -0.25) is 9.78 Å². The Balaban J connectivity index is 1.45. The maximum absolute atomic E-state index is 13.4. The first-order valence-electron chi connectivity index (χ1n) is 11.7. The average molecular weight is 542 g/mol. The number of pyridine rings is 1. The molecule has 3 amide bonds. The van der Waals surface area contributed by atoms with Gasteiger partial charge in [0.15, 0.2) is 0 Å². The van der Waals surface area contributed by atoms with Crippen molar-refractivity contribution >= 4 is 41.2 Å². The van der Waals surface area contributed by atoms with Crippen LogP contribution in [0, 0.1) is 5.92 Å². The van der Waals surface area contributed by atoms with Crippen LogP contribution < -0.4 is 14.9 Å². The maximum Gasteiger partial charge on any atom is 0.416 e. The van der Waals surface area contributed by atoms with E-state index in [0.29, 0.717) is 24.5 Å². The first-order valence-corrected chi connectivity index (χ1v) is 12.9. The predicted molar refractivity (Wildman–Crippen MR) is 133 cm³/mol. The molecule has 7 nitrogen and oxygen atoms in total. The van der Waals surface area contributed by atoms with Crippen LogP contribution in [0.1, 0.15) is 31.2 Å². The molecule has 1 aliphatic heterocycles. The summed E-state index contributed by atoms with van der Waals surface area (Å²) >= 11 is 7.40. The van der Waals surface area contributed by atoms with Gasteiger partial charge in [0.2, 0.25) is 5.91 Å². The van der Waals surface area contributed by atoms with Crippen LogP contribution in [-0.4, -0.2) is 54.0 Å². The molecule has 1 aliphatic carbocycles. The van der Waals surface area contributed by atoms with E-state index in [0.717, 1.165) is 49.8 Å². The molecule has 0 bridgehead atoms. The Hall–Kier alpha value is -2.66. The fraction of sp³-hybridized carbons (Fsp3) is 0.458. The lowest BCUT2D eigenvalue weighted by molar-refractivity contribution is -0.137. The molecule has 2 N–H and O–H groups in total. The van der Waals surface area contributed by atoms with Gasteiger partial charge in [0.05, 0.1) is 16.3 Å². The van der Waals surface area contributed by atoms with Gasteiger partial charge in [0, 0.05) is 43.0 Å². The Kier molecular flexibility index (Phi) is 8.50. The summed E-state index contributed by atoms with van der Waals surface area (Å²) in [6.45, 7) is 1.29. The topological polar surface area (TPSA) is 77.6 Å². The fourth-order valence-electron chi connectivity index (χ4n) is 3.96. The van der Waals surface area contributed by atoms with E-state index in [1.807, 2.05) is 0 Å². The molecule has 36 heavy (non-hydrogen) atoms. The number of rotatable bonds is 8. The maximum atomic E-state index is 13.4. The summed E-state index contributed by atoms with van der Waals surface area (Å²) in [4.78, 5) is 31.6. The third kappa shape index (κ3) is 7.42. The molecule has 194 valence electrons. The summed E-state index contributed by atoms with van der Waals surface area (Å²) in [6.07, 6.45) is 2.27. The molecule has 4 rings (SSSR count). The predicted octanol–water partition coefficient (Wildman–Crippen LogP) is 4.97. The second-order valence-electron chi connectivity index (χ2n) is 8.96. The molecule has 1 atom stereocenters. The molecule has 1 saturated carbocycles. The molecule has 1 aromatic heterocycles. The van der Waals surface area contributed by atoms with E-state index >= 15 is 0 Å². The molecule has 1 unspecified atom stereocenters. The largest absolute Gasteiger partial charge is 0.416 e. The van der Waals surface area contributed by atoms with Crippen LogP contribution in [0.25, 0.3) is 0 Å². The van der Waals surface area contributed by atoms with Gasteiger partial charge in [-0.05, 0) is 73.9 Å². The zero-order valence-electron chi connectivity index (χ0n) is 19.4. The van der Waals surface area contributed by atoms with E-state index in [1.54, 1.807) is 29.4 Å². The molecular formula is C24H27ClF3N5O2S. The number of hydrogen-bond acceptors (Lipinski definition) is 5. The molecule has 2 heterocycles. The van der Waals surface area contributed by atoms with E-state index in [-0.39, 0.29) is 41.2 Å². The third-order valence-corrected chi connectivity index (χ3v) is 7.32. The zero-order chi connectivity index (χ0) is 25.7. The first kappa shape index (κ1) is 26.4. The second-order valence-corrected chi connectivity index (χ2v) is 10.5. The Morgan fingerprint density at radius 2 is 2.03 bits per heavy atom. The lowest BCUT2D eigenvalue weighted by atomic mass is 9.98.